The molecule has 126 valence electrons. The Labute approximate surface area is 144 Å². The number of rotatable bonds is 1. The molecule has 0 spiro atoms. The molecule has 1 heterocycles. The highest BCUT2D eigenvalue weighted by Crippen LogP contribution is 2.36. The molecule has 0 saturated carbocycles. The average molecular weight is 322 g/mol. The molecule has 1 aliphatic carbocycles. The lowest BCUT2D eigenvalue weighted by Gasteiger charge is -2.17. The summed E-state index contributed by atoms with van der Waals surface area (Å²) in [5.41, 5.74) is 5.83. The number of ether oxygens (including phenoxy) is 1. The van der Waals surface area contributed by atoms with Gasteiger partial charge in [-0.1, -0.05) is 47.1 Å². The van der Waals surface area contributed by atoms with Crippen molar-refractivity contribution in [3.63, 3.8) is 0 Å². The van der Waals surface area contributed by atoms with Gasteiger partial charge in [-0.25, -0.2) is 4.79 Å². The lowest BCUT2D eigenvalue weighted by molar-refractivity contribution is -0.137. The Morgan fingerprint density at radius 2 is 1.79 bits per heavy atom. The molecule has 1 fully saturated rings. The van der Waals surface area contributed by atoms with Crippen LogP contribution in [0.5, 0.6) is 0 Å². The summed E-state index contributed by atoms with van der Waals surface area (Å²) in [5.74, 6) is -0.00860. The van der Waals surface area contributed by atoms with Crippen LogP contribution in [-0.2, 0) is 9.53 Å². The molecular weight excluding hydrogens is 296 g/mol. The number of hydrogen-bond donors (Lipinski definition) is 0. The highest BCUT2D eigenvalue weighted by Gasteiger charge is 2.38. The van der Waals surface area contributed by atoms with Gasteiger partial charge < -0.3 is 4.74 Å². The highest BCUT2D eigenvalue weighted by atomic mass is 16.5. The standard InChI is InChI=1S/C22H26O2/c1-15-5-4-6-17(3)13-21-19(12-9-15)20(22(23)24-21)14-18-10-7-16(2)8-11-18/h5,7-8,10-11,13-14,19,21H,4,6,9,12H2,1-3H3/b15-5-,17-13-,20-14+/t19-,21-/m1/s1. The van der Waals surface area contributed by atoms with Crippen LogP contribution in [0.4, 0.5) is 0 Å². The van der Waals surface area contributed by atoms with Crippen molar-refractivity contribution in [2.75, 3.05) is 0 Å². The van der Waals surface area contributed by atoms with E-state index < -0.39 is 0 Å². The first-order valence-electron chi connectivity index (χ1n) is 8.85. The molecule has 1 aromatic rings. The topological polar surface area (TPSA) is 26.3 Å². The van der Waals surface area contributed by atoms with E-state index in [9.17, 15) is 4.79 Å². The summed E-state index contributed by atoms with van der Waals surface area (Å²) in [6.45, 7) is 6.40. The Kier molecular flexibility index (Phi) is 5.03. The molecule has 1 aromatic carbocycles. The van der Waals surface area contributed by atoms with Gasteiger partial charge in [-0.05, 0) is 64.2 Å². The van der Waals surface area contributed by atoms with Crippen molar-refractivity contribution in [2.45, 2.75) is 52.6 Å². The minimum atomic E-state index is -0.157. The molecule has 24 heavy (non-hydrogen) atoms. The van der Waals surface area contributed by atoms with E-state index in [4.69, 9.17) is 4.74 Å². The smallest absolute Gasteiger partial charge is 0.335 e. The molecule has 2 atom stereocenters. The Bertz CT molecular complexity index is 704. The molecule has 0 aromatic heterocycles. The fourth-order valence-electron chi connectivity index (χ4n) is 3.48. The van der Waals surface area contributed by atoms with E-state index in [2.05, 4.69) is 57.2 Å². The van der Waals surface area contributed by atoms with Crippen molar-refractivity contribution >= 4 is 12.0 Å². The van der Waals surface area contributed by atoms with Crippen molar-refractivity contribution < 1.29 is 9.53 Å². The van der Waals surface area contributed by atoms with E-state index >= 15 is 0 Å². The number of esters is 1. The fraction of sp³-hybridized carbons (Fsp3) is 0.409. The van der Waals surface area contributed by atoms with E-state index in [-0.39, 0.29) is 18.0 Å². The molecule has 1 saturated heterocycles. The monoisotopic (exact) mass is 322 g/mol. The van der Waals surface area contributed by atoms with Crippen LogP contribution in [0, 0.1) is 12.8 Å². The lowest BCUT2D eigenvalue weighted by atomic mass is 9.86. The molecule has 0 radical (unpaired) electrons. The molecule has 0 amide bonds. The number of carbonyl (C=O) groups excluding carboxylic acids is 1. The summed E-state index contributed by atoms with van der Waals surface area (Å²) in [6.07, 6.45) is 10.5. The third-order valence-corrected chi connectivity index (χ3v) is 5.00. The second-order valence-electron chi connectivity index (χ2n) is 7.13. The third-order valence-electron chi connectivity index (χ3n) is 5.00. The SMILES string of the molecule is C/C1=C/[C@H]2OC(=O)/C(=C/c3ccc(C)cc3)[C@H]2CC/C(C)=C\CC1. The van der Waals surface area contributed by atoms with Crippen LogP contribution >= 0.6 is 0 Å². The first kappa shape index (κ1) is 16.8. The van der Waals surface area contributed by atoms with Crippen LogP contribution in [0.25, 0.3) is 6.08 Å². The number of benzene rings is 1. The maximum Gasteiger partial charge on any atom is 0.335 e. The number of aryl methyl sites for hydroxylation is 1. The van der Waals surface area contributed by atoms with E-state index in [0.29, 0.717) is 0 Å². The van der Waals surface area contributed by atoms with Gasteiger partial charge in [0.05, 0.1) is 0 Å². The molecule has 3 rings (SSSR count). The Morgan fingerprint density at radius 3 is 2.54 bits per heavy atom. The lowest BCUT2D eigenvalue weighted by Crippen LogP contribution is -2.15. The predicted molar refractivity (Wildman–Crippen MR) is 98.5 cm³/mol. The fourth-order valence-corrected chi connectivity index (χ4v) is 3.48. The van der Waals surface area contributed by atoms with Gasteiger partial charge in [0.25, 0.3) is 0 Å². The third kappa shape index (κ3) is 3.87. The molecule has 0 bridgehead atoms. The Hall–Kier alpha value is -2.09. The van der Waals surface area contributed by atoms with Gasteiger partial charge >= 0.3 is 5.97 Å². The summed E-state index contributed by atoms with van der Waals surface area (Å²) in [7, 11) is 0. The maximum absolute atomic E-state index is 12.5. The summed E-state index contributed by atoms with van der Waals surface area (Å²) in [4.78, 5) is 12.5. The van der Waals surface area contributed by atoms with Crippen molar-refractivity contribution in [3.8, 4) is 0 Å². The van der Waals surface area contributed by atoms with Crippen molar-refractivity contribution in [1.82, 2.24) is 0 Å². The van der Waals surface area contributed by atoms with Gasteiger partial charge in [0.1, 0.15) is 6.10 Å². The van der Waals surface area contributed by atoms with E-state index in [1.54, 1.807) is 0 Å². The van der Waals surface area contributed by atoms with Gasteiger partial charge in [0, 0.05) is 11.5 Å². The van der Waals surface area contributed by atoms with Crippen LogP contribution in [-0.4, -0.2) is 12.1 Å². The average Bonchev–Trinajstić information content (AvgIpc) is 2.82. The first-order valence-corrected chi connectivity index (χ1v) is 8.85. The van der Waals surface area contributed by atoms with Gasteiger partial charge in [0.2, 0.25) is 0 Å². The van der Waals surface area contributed by atoms with Crippen LogP contribution in [0.2, 0.25) is 0 Å². The zero-order valence-corrected chi connectivity index (χ0v) is 14.8. The van der Waals surface area contributed by atoms with Gasteiger partial charge in [0.15, 0.2) is 0 Å². The van der Waals surface area contributed by atoms with E-state index in [1.165, 1.54) is 16.7 Å². The van der Waals surface area contributed by atoms with Crippen LogP contribution in [0.1, 0.15) is 50.7 Å². The summed E-state index contributed by atoms with van der Waals surface area (Å²) < 4.78 is 5.71. The summed E-state index contributed by atoms with van der Waals surface area (Å²) >= 11 is 0. The second-order valence-corrected chi connectivity index (χ2v) is 7.13. The van der Waals surface area contributed by atoms with Crippen LogP contribution < -0.4 is 0 Å². The number of allylic oxidation sites excluding steroid dienone is 3. The van der Waals surface area contributed by atoms with Gasteiger partial charge in [-0.3, -0.25) is 0 Å². The molecule has 0 unspecified atom stereocenters. The molecular formula is C22H26O2. The number of hydrogen-bond acceptors (Lipinski definition) is 2. The van der Waals surface area contributed by atoms with Gasteiger partial charge in [-0.15, -0.1) is 0 Å². The largest absolute Gasteiger partial charge is 0.454 e. The quantitative estimate of drug-likeness (QED) is 0.394. The van der Waals surface area contributed by atoms with E-state index in [1.807, 2.05) is 6.08 Å². The zero-order valence-electron chi connectivity index (χ0n) is 14.8. The minimum absolute atomic E-state index is 0.111. The molecule has 1 aliphatic heterocycles. The summed E-state index contributed by atoms with van der Waals surface area (Å²) in [5, 5.41) is 0. The molecule has 2 aliphatic rings. The number of carbonyl (C=O) groups is 1. The van der Waals surface area contributed by atoms with Crippen molar-refractivity contribution in [3.05, 3.63) is 64.3 Å². The van der Waals surface area contributed by atoms with Crippen molar-refractivity contribution in [1.29, 1.82) is 0 Å². The maximum atomic E-state index is 12.5. The Morgan fingerprint density at radius 1 is 1.04 bits per heavy atom. The van der Waals surface area contributed by atoms with Gasteiger partial charge in [-0.2, -0.15) is 0 Å². The predicted octanol–water partition coefficient (Wildman–Crippen LogP) is 5.39. The minimum Gasteiger partial charge on any atom is -0.454 e. The number of fused-ring (bicyclic) bond motifs is 1. The molecule has 2 nitrogen and oxygen atoms in total. The normalized spacial score (nSPS) is 30.8. The highest BCUT2D eigenvalue weighted by molar-refractivity contribution is 5.96. The van der Waals surface area contributed by atoms with Crippen LogP contribution in [0.15, 0.2) is 53.1 Å². The second kappa shape index (κ2) is 7.21. The first-order chi connectivity index (χ1) is 11.5. The summed E-state index contributed by atoms with van der Waals surface area (Å²) in [6, 6.07) is 8.29. The van der Waals surface area contributed by atoms with E-state index in [0.717, 1.165) is 36.8 Å². The Balaban J connectivity index is 1.93. The van der Waals surface area contributed by atoms with Crippen LogP contribution in [0.3, 0.4) is 0 Å². The molecule has 2 heteroatoms. The zero-order chi connectivity index (χ0) is 17.1. The van der Waals surface area contributed by atoms with Crippen molar-refractivity contribution in [2.24, 2.45) is 5.92 Å². The molecule has 0 N–H and O–H groups in total.